The van der Waals surface area contributed by atoms with E-state index in [-0.39, 0.29) is 18.3 Å². The van der Waals surface area contributed by atoms with Gasteiger partial charge >= 0.3 is 0 Å². The summed E-state index contributed by atoms with van der Waals surface area (Å²) in [7, 11) is 0. The van der Waals surface area contributed by atoms with Crippen molar-refractivity contribution in [3.05, 3.63) is 59.9 Å². The van der Waals surface area contributed by atoms with Crippen LogP contribution in [-0.4, -0.2) is 26.6 Å². The summed E-state index contributed by atoms with van der Waals surface area (Å²) in [6, 6.07) is 12.2. The van der Waals surface area contributed by atoms with Crippen LogP contribution in [0.3, 0.4) is 0 Å². The Morgan fingerprint density at radius 2 is 1.89 bits per heavy atom. The number of nitrogens with zero attached hydrogens (tertiary/aromatic N) is 3. The average Bonchev–Trinajstić information content (AvgIpc) is 3.07. The van der Waals surface area contributed by atoms with E-state index in [0.29, 0.717) is 11.5 Å². The number of anilines is 2. The predicted octanol–water partition coefficient (Wildman–Crippen LogP) is 2.91. The Morgan fingerprint density at radius 3 is 2.59 bits per heavy atom. The SMILES string of the molecule is Cc1ccc(-c2nc3n(n2)C(C(=O)Nc2ccc(F)cc2)CC(=O)N3)cc1. The summed E-state index contributed by atoms with van der Waals surface area (Å²) in [6.07, 6.45) is -0.0588. The van der Waals surface area contributed by atoms with E-state index in [9.17, 15) is 14.0 Å². The maximum atomic E-state index is 13.0. The summed E-state index contributed by atoms with van der Waals surface area (Å²) in [5.74, 6) is -0.484. The highest BCUT2D eigenvalue weighted by molar-refractivity contribution is 6.00. The lowest BCUT2D eigenvalue weighted by Gasteiger charge is -2.22. The number of benzene rings is 2. The van der Waals surface area contributed by atoms with Gasteiger partial charge in [-0.05, 0) is 31.2 Å². The Hall–Kier alpha value is -3.55. The molecule has 0 spiro atoms. The molecule has 1 aliphatic heterocycles. The van der Waals surface area contributed by atoms with Crippen molar-refractivity contribution in [1.82, 2.24) is 14.8 Å². The number of nitrogens with one attached hydrogen (secondary N) is 2. The lowest BCUT2D eigenvalue weighted by Crippen LogP contribution is -2.36. The largest absolute Gasteiger partial charge is 0.324 e. The highest BCUT2D eigenvalue weighted by Gasteiger charge is 2.33. The van der Waals surface area contributed by atoms with Gasteiger partial charge in [-0.25, -0.2) is 9.07 Å². The quantitative estimate of drug-likeness (QED) is 0.747. The molecule has 27 heavy (non-hydrogen) atoms. The third-order valence-corrected chi connectivity index (χ3v) is 4.28. The first-order valence-corrected chi connectivity index (χ1v) is 8.39. The molecule has 4 rings (SSSR count). The number of halogens is 1. The molecule has 1 unspecified atom stereocenters. The van der Waals surface area contributed by atoms with Crippen LogP contribution in [0.4, 0.5) is 16.0 Å². The van der Waals surface area contributed by atoms with Crippen molar-refractivity contribution in [2.24, 2.45) is 0 Å². The summed E-state index contributed by atoms with van der Waals surface area (Å²) in [6.45, 7) is 1.98. The lowest BCUT2D eigenvalue weighted by atomic mass is 10.1. The zero-order valence-electron chi connectivity index (χ0n) is 14.4. The van der Waals surface area contributed by atoms with Gasteiger partial charge in [0.05, 0.1) is 6.42 Å². The fraction of sp³-hybridized carbons (Fsp3) is 0.158. The Balaban J connectivity index is 1.63. The van der Waals surface area contributed by atoms with Gasteiger partial charge in [0.2, 0.25) is 17.8 Å². The van der Waals surface area contributed by atoms with Gasteiger partial charge in [0.15, 0.2) is 5.82 Å². The van der Waals surface area contributed by atoms with Gasteiger partial charge in [0.1, 0.15) is 11.9 Å². The molecule has 136 valence electrons. The van der Waals surface area contributed by atoms with Crippen LogP contribution in [0.5, 0.6) is 0 Å². The maximum Gasteiger partial charge on any atom is 0.249 e. The number of aryl methyl sites for hydroxylation is 1. The number of hydrogen-bond donors (Lipinski definition) is 2. The van der Waals surface area contributed by atoms with Crippen molar-refractivity contribution >= 4 is 23.5 Å². The second-order valence-electron chi connectivity index (χ2n) is 6.33. The smallest absolute Gasteiger partial charge is 0.249 e. The van der Waals surface area contributed by atoms with Gasteiger partial charge in [0.25, 0.3) is 0 Å². The summed E-state index contributed by atoms with van der Waals surface area (Å²) in [5, 5.41) is 9.73. The number of amides is 2. The van der Waals surface area contributed by atoms with E-state index >= 15 is 0 Å². The van der Waals surface area contributed by atoms with E-state index in [0.717, 1.165) is 11.1 Å². The van der Waals surface area contributed by atoms with Crippen LogP contribution in [0, 0.1) is 12.7 Å². The second-order valence-corrected chi connectivity index (χ2v) is 6.33. The predicted molar refractivity (Wildman–Crippen MR) is 97.5 cm³/mol. The zero-order valence-corrected chi connectivity index (χ0v) is 14.4. The van der Waals surface area contributed by atoms with Gasteiger partial charge in [-0.15, -0.1) is 5.10 Å². The first-order valence-electron chi connectivity index (χ1n) is 8.39. The first kappa shape index (κ1) is 16.9. The Bertz CT molecular complexity index is 1010. The van der Waals surface area contributed by atoms with Gasteiger partial charge in [-0.2, -0.15) is 4.98 Å². The number of carbonyl (C=O) groups excluding carboxylic acids is 2. The van der Waals surface area contributed by atoms with Crippen molar-refractivity contribution in [3.8, 4) is 11.4 Å². The van der Waals surface area contributed by atoms with Crippen LogP contribution in [0.25, 0.3) is 11.4 Å². The number of hydrogen-bond acceptors (Lipinski definition) is 4. The molecule has 0 radical (unpaired) electrons. The molecule has 2 amide bonds. The Morgan fingerprint density at radius 1 is 1.19 bits per heavy atom. The normalized spacial score (nSPS) is 15.8. The maximum absolute atomic E-state index is 13.0. The van der Waals surface area contributed by atoms with E-state index in [1.807, 2.05) is 31.2 Å². The molecule has 2 N–H and O–H groups in total. The first-order chi connectivity index (χ1) is 13.0. The van der Waals surface area contributed by atoms with E-state index in [4.69, 9.17) is 0 Å². The van der Waals surface area contributed by atoms with Crippen LogP contribution in [0.1, 0.15) is 18.0 Å². The molecule has 1 atom stereocenters. The van der Waals surface area contributed by atoms with Crippen molar-refractivity contribution < 1.29 is 14.0 Å². The van der Waals surface area contributed by atoms with Crippen LogP contribution < -0.4 is 10.6 Å². The molecule has 0 fully saturated rings. The highest BCUT2D eigenvalue weighted by atomic mass is 19.1. The zero-order chi connectivity index (χ0) is 19.0. The fourth-order valence-electron chi connectivity index (χ4n) is 2.85. The lowest BCUT2D eigenvalue weighted by molar-refractivity contribution is -0.125. The van der Waals surface area contributed by atoms with Crippen molar-refractivity contribution in [1.29, 1.82) is 0 Å². The molecule has 7 nitrogen and oxygen atoms in total. The van der Waals surface area contributed by atoms with Crippen LogP contribution in [0.15, 0.2) is 48.5 Å². The molecule has 8 heteroatoms. The van der Waals surface area contributed by atoms with Crippen LogP contribution in [0.2, 0.25) is 0 Å². The monoisotopic (exact) mass is 365 g/mol. The molecule has 2 heterocycles. The van der Waals surface area contributed by atoms with Crippen LogP contribution in [-0.2, 0) is 9.59 Å². The van der Waals surface area contributed by atoms with Crippen molar-refractivity contribution in [2.75, 3.05) is 10.6 Å². The molecule has 0 saturated carbocycles. The number of fused-ring (bicyclic) bond motifs is 1. The van der Waals surface area contributed by atoms with E-state index in [2.05, 4.69) is 20.7 Å². The van der Waals surface area contributed by atoms with Gasteiger partial charge in [-0.1, -0.05) is 29.8 Å². The van der Waals surface area contributed by atoms with E-state index in [1.165, 1.54) is 28.9 Å². The molecule has 0 aliphatic carbocycles. The van der Waals surface area contributed by atoms with Crippen molar-refractivity contribution in [3.63, 3.8) is 0 Å². The molecular weight excluding hydrogens is 349 g/mol. The van der Waals surface area contributed by atoms with Gasteiger partial charge in [0, 0.05) is 11.3 Å². The molecular formula is C19H16FN5O2. The Labute approximate surface area is 154 Å². The molecule has 2 aromatic carbocycles. The third-order valence-electron chi connectivity index (χ3n) is 4.28. The molecule has 0 saturated heterocycles. The summed E-state index contributed by atoms with van der Waals surface area (Å²) in [5.41, 5.74) is 2.33. The second kappa shape index (κ2) is 6.64. The highest BCUT2D eigenvalue weighted by Crippen LogP contribution is 2.27. The standard InChI is InChI=1S/C19H16FN5O2/c1-11-2-4-12(5-3-11)17-23-19-22-16(26)10-15(25(19)24-17)18(27)21-14-8-6-13(20)7-9-14/h2-9,15H,10H2,1H3,(H,21,27)(H,22,23,24,26). The van der Waals surface area contributed by atoms with E-state index < -0.39 is 17.8 Å². The minimum atomic E-state index is -0.842. The molecule has 3 aromatic rings. The minimum Gasteiger partial charge on any atom is -0.324 e. The van der Waals surface area contributed by atoms with Gasteiger partial charge < -0.3 is 5.32 Å². The Kier molecular flexibility index (Phi) is 4.15. The topological polar surface area (TPSA) is 88.9 Å². The third kappa shape index (κ3) is 3.41. The summed E-state index contributed by atoms with van der Waals surface area (Å²) in [4.78, 5) is 29.0. The van der Waals surface area contributed by atoms with Crippen LogP contribution >= 0.6 is 0 Å². The molecule has 0 bridgehead atoms. The summed E-state index contributed by atoms with van der Waals surface area (Å²) >= 11 is 0. The fourth-order valence-corrected chi connectivity index (χ4v) is 2.85. The number of carbonyl (C=O) groups is 2. The molecule has 1 aliphatic rings. The van der Waals surface area contributed by atoms with Gasteiger partial charge in [-0.3, -0.25) is 14.9 Å². The average molecular weight is 365 g/mol. The van der Waals surface area contributed by atoms with E-state index in [1.54, 1.807) is 0 Å². The summed E-state index contributed by atoms with van der Waals surface area (Å²) < 4.78 is 14.4. The molecule has 1 aromatic heterocycles. The van der Waals surface area contributed by atoms with Crippen molar-refractivity contribution in [2.45, 2.75) is 19.4 Å². The number of aromatic nitrogens is 3. The minimum absolute atomic E-state index is 0.0588. The number of rotatable bonds is 3.